The van der Waals surface area contributed by atoms with Gasteiger partial charge in [0.05, 0.1) is 6.10 Å². The lowest BCUT2D eigenvalue weighted by molar-refractivity contribution is -0.124. The molecule has 1 fully saturated rings. The Labute approximate surface area is 97.9 Å². The number of nitrogens with two attached hydrogens (primary N) is 1. The molecule has 0 aromatic heterocycles. The normalized spacial score (nSPS) is 27.4. The van der Waals surface area contributed by atoms with Crippen molar-refractivity contribution in [1.29, 1.82) is 0 Å². The molecule has 1 aliphatic carbocycles. The van der Waals surface area contributed by atoms with E-state index in [2.05, 4.69) is 5.32 Å². The van der Waals surface area contributed by atoms with Gasteiger partial charge in [-0.1, -0.05) is 6.92 Å². The summed E-state index contributed by atoms with van der Waals surface area (Å²) >= 11 is 0. The van der Waals surface area contributed by atoms with Crippen molar-refractivity contribution in [3.63, 3.8) is 0 Å². The molecule has 1 saturated carbocycles. The van der Waals surface area contributed by atoms with Crippen molar-refractivity contribution >= 4 is 5.91 Å². The molecule has 1 atom stereocenters. The first-order valence-electron chi connectivity index (χ1n) is 6.18. The van der Waals surface area contributed by atoms with Gasteiger partial charge in [0.2, 0.25) is 5.91 Å². The third kappa shape index (κ3) is 4.10. The van der Waals surface area contributed by atoms with E-state index in [1.807, 2.05) is 6.92 Å². The van der Waals surface area contributed by atoms with Crippen LogP contribution in [-0.2, 0) is 9.53 Å². The van der Waals surface area contributed by atoms with Crippen molar-refractivity contribution in [3.05, 3.63) is 0 Å². The Morgan fingerprint density at radius 3 is 2.56 bits per heavy atom. The molecule has 16 heavy (non-hydrogen) atoms. The van der Waals surface area contributed by atoms with Gasteiger partial charge in [-0.05, 0) is 31.6 Å². The molecule has 0 aromatic carbocycles. The number of hydrogen-bond donors (Lipinski definition) is 2. The Morgan fingerprint density at radius 1 is 1.44 bits per heavy atom. The van der Waals surface area contributed by atoms with Crippen LogP contribution in [0.3, 0.4) is 0 Å². The Bertz CT molecular complexity index is 213. The summed E-state index contributed by atoms with van der Waals surface area (Å²) in [4.78, 5) is 11.5. The summed E-state index contributed by atoms with van der Waals surface area (Å²) in [6.45, 7) is 3.07. The average Bonchev–Trinajstić information content (AvgIpc) is 2.35. The minimum Gasteiger partial charge on any atom is -0.381 e. The number of ether oxygens (including phenoxy) is 1. The van der Waals surface area contributed by atoms with Gasteiger partial charge in [0.15, 0.2) is 0 Å². The molecule has 94 valence electrons. The van der Waals surface area contributed by atoms with Gasteiger partial charge in [0.25, 0.3) is 0 Å². The highest BCUT2D eigenvalue weighted by molar-refractivity contribution is 5.78. The molecule has 4 heteroatoms. The lowest BCUT2D eigenvalue weighted by Gasteiger charge is -2.27. The first kappa shape index (κ1) is 13.5. The number of amides is 1. The molecule has 0 spiro atoms. The molecule has 4 nitrogen and oxygen atoms in total. The van der Waals surface area contributed by atoms with Crippen LogP contribution in [0, 0.1) is 11.8 Å². The molecule has 1 unspecified atom stereocenters. The van der Waals surface area contributed by atoms with Crippen LogP contribution in [0.25, 0.3) is 0 Å². The third-order valence-corrected chi connectivity index (χ3v) is 3.49. The van der Waals surface area contributed by atoms with Crippen molar-refractivity contribution in [2.24, 2.45) is 17.6 Å². The number of hydrogen-bond acceptors (Lipinski definition) is 3. The van der Waals surface area contributed by atoms with E-state index in [1.54, 1.807) is 7.11 Å². The maximum atomic E-state index is 11.5. The van der Waals surface area contributed by atoms with Crippen molar-refractivity contribution in [1.82, 2.24) is 5.32 Å². The molecule has 0 aromatic rings. The zero-order valence-corrected chi connectivity index (χ0v) is 10.4. The summed E-state index contributed by atoms with van der Waals surface area (Å²) in [6, 6.07) is 0. The van der Waals surface area contributed by atoms with Gasteiger partial charge in [-0.3, -0.25) is 4.79 Å². The fraction of sp³-hybridized carbons (Fsp3) is 0.917. The highest BCUT2D eigenvalue weighted by atomic mass is 16.5. The summed E-state index contributed by atoms with van der Waals surface area (Å²) in [7, 11) is 1.77. The minimum absolute atomic E-state index is 0.0738. The standard InChI is InChI=1S/C12H24N2O2/c1-9(7-13)12(15)14-8-10-3-5-11(16-2)6-4-10/h9-11H,3-8,13H2,1-2H3,(H,14,15). The molecule has 0 bridgehead atoms. The van der Waals surface area contributed by atoms with Gasteiger partial charge in [0, 0.05) is 26.1 Å². The monoisotopic (exact) mass is 228 g/mol. The second kappa shape index (κ2) is 6.86. The Kier molecular flexibility index (Phi) is 5.77. The second-order valence-corrected chi connectivity index (χ2v) is 4.76. The zero-order valence-electron chi connectivity index (χ0n) is 10.4. The molecule has 1 rings (SSSR count). The first-order valence-corrected chi connectivity index (χ1v) is 6.18. The van der Waals surface area contributed by atoms with E-state index in [4.69, 9.17) is 10.5 Å². The number of carbonyl (C=O) groups excluding carboxylic acids is 1. The summed E-state index contributed by atoms with van der Waals surface area (Å²) < 4.78 is 5.32. The number of nitrogens with one attached hydrogen (secondary N) is 1. The van der Waals surface area contributed by atoms with Crippen LogP contribution in [0.1, 0.15) is 32.6 Å². The number of rotatable bonds is 5. The van der Waals surface area contributed by atoms with E-state index in [0.29, 0.717) is 18.6 Å². The first-order chi connectivity index (χ1) is 7.67. The average molecular weight is 228 g/mol. The van der Waals surface area contributed by atoms with Crippen LogP contribution in [0.5, 0.6) is 0 Å². The summed E-state index contributed by atoms with van der Waals surface area (Å²) in [5.74, 6) is 0.618. The lowest BCUT2D eigenvalue weighted by Crippen LogP contribution is -2.37. The second-order valence-electron chi connectivity index (χ2n) is 4.76. The van der Waals surface area contributed by atoms with Gasteiger partial charge in [0.1, 0.15) is 0 Å². The van der Waals surface area contributed by atoms with E-state index in [1.165, 1.54) is 0 Å². The summed E-state index contributed by atoms with van der Waals surface area (Å²) in [5.41, 5.74) is 5.44. The molecule has 3 N–H and O–H groups in total. The predicted octanol–water partition coefficient (Wildman–Crippen LogP) is 0.903. The topological polar surface area (TPSA) is 64.3 Å². The number of carbonyl (C=O) groups is 1. The molecule has 0 radical (unpaired) electrons. The smallest absolute Gasteiger partial charge is 0.224 e. The van der Waals surface area contributed by atoms with E-state index in [0.717, 1.165) is 32.2 Å². The van der Waals surface area contributed by atoms with Crippen molar-refractivity contribution in [2.75, 3.05) is 20.2 Å². The quantitative estimate of drug-likeness (QED) is 0.735. The maximum absolute atomic E-state index is 11.5. The number of methoxy groups -OCH3 is 1. The molecule has 0 aliphatic heterocycles. The van der Waals surface area contributed by atoms with E-state index in [-0.39, 0.29) is 11.8 Å². The third-order valence-electron chi connectivity index (χ3n) is 3.49. The van der Waals surface area contributed by atoms with Crippen LogP contribution >= 0.6 is 0 Å². The van der Waals surface area contributed by atoms with Gasteiger partial charge in [-0.25, -0.2) is 0 Å². The van der Waals surface area contributed by atoms with Gasteiger partial charge in [-0.15, -0.1) is 0 Å². The summed E-state index contributed by atoms with van der Waals surface area (Å²) in [5, 5.41) is 2.98. The molecule has 1 aliphatic rings. The molecular formula is C12H24N2O2. The largest absolute Gasteiger partial charge is 0.381 e. The van der Waals surface area contributed by atoms with E-state index < -0.39 is 0 Å². The van der Waals surface area contributed by atoms with Crippen LogP contribution in [0.2, 0.25) is 0 Å². The molecule has 0 saturated heterocycles. The van der Waals surface area contributed by atoms with Crippen LogP contribution in [0.15, 0.2) is 0 Å². The van der Waals surface area contributed by atoms with Crippen LogP contribution < -0.4 is 11.1 Å². The highest BCUT2D eigenvalue weighted by Gasteiger charge is 2.21. The lowest BCUT2D eigenvalue weighted by atomic mass is 9.87. The highest BCUT2D eigenvalue weighted by Crippen LogP contribution is 2.25. The molecule has 0 heterocycles. The van der Waals surface area contributed by atoms with Gasteiger partial charge >= 0.3 is 0 Å². The fourth-order valence-corrected chi connectivity index (χ4v) is 2.10. The van der Waals surface area contributed by atoms with Crippen molar-refractivity contribution < 1.29 is 9.53 Å². The summed E-state index contributed by atoms with van der Waals surface area (Å²) in [6.07, 6.45) is 4.95. The minimum atomic E-state index is -0.0738. The van der Waals surface area contributed by atoms with Gasteiger partial charge < -0.3 is 15.8 Å². The van der Waals surface area contributed by atoms with Crippen molar-refractivity contribution in [3.8, 4) is 0 Å². The SMILES string of the molecule is COC1CCC(CNC(=O)C(C)CN)CC1. The van der Waals surface area contributed by atoms with Crippen LogP contribution in [0.4, 0.5) is 0 Å². The van der Waals surface area contributed by atoms with E-state index in [9.17, 15) is 4.79 Å². The van der Waals surface area contributed by atoms with Crippen molar-refractivity contribution in [2.45, 2.75) is 38.7 Å². The van der Waals surface area contributed by atoms with Crippen LogP contribution in [-0.4, -0.2) is 32.2 Å². The molecular weight excluding hydrogens is 204 g/mol. The fourth-order valence-electron chi connectivity index (χ4n) is 2.10. The maximum Gasteiger partial charge on any atom is 0.224 e. The molecule has 1 amide bonds. The zero-order chi connectivity index (χ0) is 12.0. The van der Waals surface area contributed by atoms with E-state index >= 15 is 0 Å². The Morgan fingerprint density at radius 2 is 2.06 bits per heavy atom. The Balaban J connectivity index is 2.17. The van der Waals surface area contributed by atoms with Gasteiger partial charge in [-0.2, -0.15) is 0 Å². The predicted molar refractivity (Wildman–Crippen MR) is 64.0 cm³/mol. The Hall–Kier alpha value is -0.610.